The van der Waals surface area contributed by atoms with Crippen LogP contribution in [0.5, 0.6) is 5.75 Å². The van der Waals surface area contributed by atoms with Gasteiger partial charge in [0.15, 0.2) is 0 Å². The molecule has 5 nitrogen and oxygen atoms in total. The molecule has 2 rings (SSSR count). The van der Waals surface area contributed by atoms with E-state index in [-0.39, 0.29) is 28.9 Å². The zero-order valence-corrected chi connectivity index (χ0v) is 18.8. The molecule has 1 amide bonds. The maximum absolute atomic E-state index is 12.6. The van der Waals surface area contributed by atoms with Crippen molar-refractivity contribution >= 4 is 11.9 Å². The zero-order valence-electron chi connectivity index (χ0n) is 18.8. The molecule has 0 heterocycles. The molecular weight excluding hydrogens is 378 g/mol. The van der Waals surface area contributed by atoms with Gasteiger partial charge in [0.05, 0.1) is 0 Å². The highest BCUT2D eigenvalue weighted by molar-refractivity contribution is 5.82. The average molecular weight is 417 g/mol. The standard InChI is InChI=1S/C25H39NO4/c1-24(2,3)25(14-7-4-8-15-25)16-9-11-20(18-22(28)29)23(30)26-17-13-19-10-5-6-12-21(19)27/h5-6,10,12,20,27H,4,7-9,11,13-18H2,1-3H3,(H,26,30)(H,28,29)/p-1. The lowest BCUT2D eigenvalue weighted by Gasteiger charge is -2.48. The lowest BCUT2D eigenvalue weighted by molar-refractivity contribution is -0.306. The van der Waals surface area contributed by atoms with E-state index in [9.17, 15) is 19.8 Å². The van der Waals surface area contributed by atoms with Crippen LogP contribution in [0.1, 0.15) is 84.1 Å². The Morgan fingerprint density at radius 2 is 1.83 bits per heavy atom. The molecule has 1 aromatic carbocycles. The van der Waals surface area contributed by atoms with Gasteiger partial charge in [-0.2, -0.15) is 0 Å². The Balaban J connectivity index is 1.90. The quantitative estimate of drug-likeness (QED) is 0.604. The molecule has 30 heavy (non-hydrogen) atoms. The van der Waals surface area contributed by atoms with Crippen molar-refractivity contribution in [2.24, 2.45) is 16.7 Å². The van der Waals surface area contributed by atoms with Gasteiger partial charge in [-0.1, -0.05) is 64.7 Å². The molecule has 1 aliphatic carbocycles. The number of carbonyl (C=O) groups is 2. The van der Waals surface area contributed by atoms with Crippen LogP contribution in [0.15, 0.2) is 24.3 Å². The molecule has 5 heteroatoms. The van der Waals surface area contributed by atoms with E-state index in [0.29, 0.717) is 19.4 Å². The topological polar surface area (TPSA) is 89.5 Å². The number of benzene rings is 1. The summed E-state index contributed by atoms with van der Waals surface area (Å²) in [5.74, 6) is -1.78. The molecule has 0 aliphatic heterocycles. The summed E-state index contributed by atoms with van der Waals surface area (Å²) in [6.45, 7) is 7.29. The number of hydrogen-bond donors (Lipinski definition) is 2. The number of amides is 1. The Hall–Kier alpha value is -2.04. The fraction of sp³-hybridized carbons (Fsp3) is 0.680. The van der Waals surface area contributed by atoms with E-state index < -0.39 is 11.9 Å². The largest absolute Gasteiger partial charge is 0.550 e. The average Bonchev–Trinajstić information content (AvgIpc) is 2.68. The Morgan fingerprint density at radius 1 is 1.17 bits per heavy atom. The molecule has 1 saturated carbocycles. The molecule has 1 fully saturated rings. The van der Waals surface area contributed by atoms with Crippen LogP contribution in [0.2, 0.25) is 0 Å². The van der Waals surface area contributed by atoms with Crippen molar-refractivity contribution in [1.82, 2.24) is 5.32 Å². The normalized spacial score (nSPS) is 17.3. The zero-order chi connectivity index (χ0) is 22.2. The maximum atomic E-state index is 12.6. The number of aromatic hydroxyl groups is 1. The number of carboxylic acid groups (broad SMARTS) is 1. The summed E-state index contributed by atoms with van der Waals surface area (Å²) in [6, 6.07) is 7.03. The minimum Gasteiger partial charge on any atom is -0.550 e. The molecule has 0 spiro atoms. The SMILES string of the molecule is CC(C)(C)C1(CCCC(CC(=O)[O-])C(=O)NCCc2ccccc2O)CCCCC1. The second-order valence-corrected chi connectivity index (χ2v) is 9.93. The van der Waals surface area contributed by atoms with Crippen molar-refractivity contribution in [2.75, 3.05) is 6.54 Å². The van der Waals surface area contributed by atoms with Crippen molar-refractivity contribution in [3.8, 4) is 5.75 Å². The minimum atomic E-state index is -1.18. The van der Waals surface area contributed by atoms with Crippen molar-refractivity contribution in [3.05, 3.63) is 29.8 Å². The van der Waals surface area contributed by atoms with Crippen LogP contribution >= 0.6 is 0 Å². The molecule has 0 bridgehead atoms. The van der Waals surface area contributed by atoms with Crippen LogP contribution in [0, 0.1) is 16.7 Å². The van der Waals surface area contributed by atoms with E-state index >= 15 is 0 Å². The first-order chi connectivity index (χ1) is 14.1. The summed E-state index contributed by atoms with van der Waals surface area (Å²) >= 11 is 0. The fourth-order valence-electron chi connectivity index (χ4n) is 5.00. The summed E-state index contributed by atoms with van der Waals surface area (Å²) < 4.78 is 0. The van der Waals surface area contributed by atoms with Gasteiger partial charge in [-0.15, -0.1) is 0 Å². The molecule has 1 unspecified atom stereocenters. The number of aliphatic carboxylic acids is 1. The predicted molar refractivity (Wildman–Crippen MR) is 117 cm³/mol. The van der Waals surface area contributed by atoms with Crippen LogP contribution in [0.4, 0.5) is 0 Å². The summed E-state index contributed by atoms with van der Waals surface area (Å²) in [5.41, 5.74) is 1.24. The van der Waals surface area contributed by atoms with Gasteiger partial charge in [-0.05, 0) is 61.0 Å². The van der Waals surface area contributed by atoms with Gasteiger partial charge in [-0.3, -0.25) is 4.79 Å². The molecule has 0 saturated heterocycles. The molecule has 0 radical (unpaired) electrons. The van der Waals surface area contributed by atoms with Gasteiger partial charge in [0, 0.05) is 18.4 Å². The Bertz CT molecular complexity index is 701. The second-order valence-electron chi connectivity index (χ2n) is 9.93. The maximum Gasteiger partial charge on any atom is 0.223 e. The summed E-state index contributed by atoms with van der Waals surface area (Å²) in [5, 5.41) is 23.9. The van der Waals surface area contributed by atoms with Gasteiger partial charge in [0.25, 0.3) is 0 Å². The van der Waals surface area contributed by atoms with Gasteiger partial charge in [0.1, 0.15) is 5.75 Å². The van der Waals surface area contributed by atoms with Crippen LogP contribution in [0.3, 0.4) is 0 Å². The molecular formula is C25H38NO4-. The number of para-hydroxylation sites is 1. The number of hydrogen-bond acceptors (Lipinski definition) is 4. The first kappa shape index (κ1) is 24.2. The lowest BCUT2D eigenvalue weighted by Crippen LogP contribution is -2.39. The number of carboxylic acids is 1. The van der Waals surface area contributed by atoms with Gasteiger partial charge in [0.2, 0.25) is 5.91 Å². The molecule has 0 aromatic heterocycles. The van der Waals surface area contributed by atoms with Gasteiger partial charge >= 0.3 is 0 Å². The van der Waals surface area contributed by atoms with E-state index in [2.05, 4.69) is 26.1 Å². The molecule has 2 N–H and O–H groups in total. The third kappa shape index (κ3) is 6.75. The van der Waals surface area contributed by atoms with Crippen molar-refractivity contribution in [2.45, 2.75) is 85.0 Å². The van der Waals surface area contributed by atoms with Crippen molar-refractivity contribution < 1.29 is 19.8 Å². The predicted octanol–water partition coefficient (Wildman–Crippen LogP) is 3.97. The van der Waals surface area contributed by atoms with E-state index in [1.54, 1.807) is 12.1 Å². The highest BCUT2D eigenvalue weighted by Crippen LogP contribution is 2.52. The molecule has 168 valence electrons. The highest BCUT2D eigenvalue weighted by Gasteiger charge is 2.41. The number of nitrogens with one attached hydrogen (secondary N) is 1. The molecule has 1 atom stereocenters. The van der Waals surface area contributed by atoms with Gasteiger partial charge in [-0.25, -0.2) is 0 Å². The van der Waals surface area contributed by atoms with E-state index in [4.69, 9.17) is 0 Å². The molecule has 1 aromatic rings. The Labute approximate surface area is 181 Å². The van der Waals surface area contributed by atoms with Crippen molar-refractivity contribution in [1.29, 1.82) is 0 Å². The highest BCUT2D eigenvalue weighted by atomic mass is 16.4. The third-order valence-electron chi connectivity index (χ3n) is 7.08. The number of rotatable bonds is 10. The summed E-state index contributed by atoms with van der Waals surface area (Å²) in [6.07, 6.45) is 8.95. The Kier molecular flexibility index (Phi) is 8.75. The fourth-order valence-corrected chi connectivity index (χ4v) is 5.00. The monoisotopic (exact) mass is 416 g/mol. The van der Waals surface area contributed by atoms with E-state index in [0.717, 1.165) is 18.4 Å². The number of phenolic OH excluding ortho intramolecular Hbond substituents is 1. The number of carbonyl (C=O) groups excluding carboxylic acids is 2. The first-order valence-electron chi connectivity index (χ1n) is 11.4. The van der Waals surface area contributed by atoms with E-state index in [1.807, 2.05) is 12.1 Å². The smallest absolute Gasteiger partial charge is 0.223 e. The van der Waals surface area contributed by atoms with Crippen LogP contribution in [-0.2, 0) is 16.0 Å². The third-order valence-corrected chi connectivity index (χ3v) is 7.08. The summed E-state index contributed by atoms with van der Waals surface area (Å²) in [4.78, 5) is 23.9. The van der Waals surface area contributed by atoms with Crippen LogP contribution in [0.25, 0.3) is 0 Å². The molecule has 1 aliphatic rings. The van der Waals surface area contributed by atoms with Crippen LogP contribution in [-0.4, -0.2) is 23.5 Å². The summed E-state index contributed by atoms with van der Waals surface area (Å²) in [7, 11) is 0. The lowest BCUT2D eigenvalue weighted by atomic mass is 9.57. The minimum absolute atomic E-state index is 0.206. The van der Waals surface area contributed by atoms with Gasteiger partial charge < -0.3 is 20.3 Å². The first-order valence-corrected chi connectivity index (χ1v) is 11.4. The Morgan fingerprint density at radius 3 is 2.43 bits per heavy atom. The number of phenols is 1. The second kappa shape index (κ2) is 10.8. The van der Waals surface area contributed by atoms with Crippen LogP contribution < -0.4 is 10.4 Å². The van der Waals surface area contributed by atoms with E-state index in [1.165, 1.54) is 32.1 Å². The van der Waals surface area contributed by atoms with Crippen molar-refractivity contribution in [3.63, 3.8) is 0 Å².